The monoisotopic (exact) mass is 281 g/mol. The molecule has 4 heteroatoms. The molecule has 3 saturated heterocycles. The Bertz CT molecular complexity index is 287. The van der Waals surface area contributed by atoms with E-state index in [9.17, 15) is 0 Å². The highest BCUT2D eigenvalue weighted by Gasteiger charge is 2.31. The van der Waals surface area contributed by atoms with E-state index >= 15 is 0 Å². The molecule has 0 aromatic rings. The Kier molecular flexibility index (Phi) is 5.32. The number of rotatable bonds is 4. The SMILES string of the molecule is CC(CC1CCCCN1)N1CCC(N2CCOCC2)C1. The fourth-order valence-electron chi connectivity index (χ4n) is 4.10. The van der Waals surface area contributed by atoms with Crippen molar-refractivity contribution in [2.75, 3.05) is 45.9 Å². The maximum Gasteiger partial charge on any atom is 0.0594 e. The molecule has 3 fully saturated rings. The first-order chi connectivity index (χ1) is 9.83. The van der Waals surface area contributed by atoms with Gasteiger partial charge in [0.25, 0.3) is 0 Å². The summed E-state index contributed by atoms with van der Waals surface area (Å²) in [5, 5.41) is 3.69. The van der Waals surface area contributed by atoms with Crippen LogP contribution in [0.15, 0.2) is 0 Å². The van der Waals surface area contributed by atoms with Crippen LogP contribution in [-0.2, 0) is 4.74 Å². The van der Waals surface area contributed by atoms with Crippen LogP contribution in [0.25, 0.3) is 0 Å². The lowest BCUT2D eigenvalue weighted by Gasteiger charge is -2.34. The molecule has 0 aliphatic carbocycles. The summed E-state index contributed by atoms with van der Waals surface area (Å²) in [5.74, 6) is 0. The number of piperidine rings is 1. The van der Waals surface area contributed by atoms with Crippen molar-refractivity contribution in [3.05, 3.63) is 0 Å². The molecule has 3 rings (SSSR count). The average Bonchev–Trinajstić information content (AvgIpc) is 2.99. The van der Waals surface area contributed by atoms with Gasteiger partial charge in [0.1, 0.15) is 0 Å². The Morgan fingerprint density at radius 2 is 2.00 bits per heavy atom. The predicted octanol–water partition coefficient (Wildman–Crippen LogP) is 1.31. The zero-order valence-electron chi connectivity index (χ0n) is 13.0. The minimum atomic E-state index is 0.733. The number of morpholine rings is 1. The molecule has 0 aromatic heterocycles. The van der Waals surface area contributed by atoms with Crippen molar-refractivity contribution in [1.82, 2.24) is 15.1 Å². The average molecular weight is 281 g/mol. The smallest absolute Gasteiger partial charge is 0.0594 e. The van der Waals surface area contributed by atoms with Gasteiger partial charge in [-0.2, -0.15) is 0 Å². The fourth-order valence-corrected chi connectivity index (χ4v) is 4.10. The first-order valence-corrected chi connectivity index (χ1v) is 8.62. The standard InChI is InChI=1S/C16H31N3O/c1-14(12-15-4-2-3-6-17-15)19-7-5-16(13-19)18-8-10-20-11-9-18/h14-17H,2-13H2,1H3. The summed E-state index contributed by atoms with van der Waals surface area (Å²) in [6, 6.07) is 2.28. The summed E-state index contributed by atoms with van der Waals surface area (Å²) < 4.78 is 5.47. The number of nitrogens with zero attached hydrogens (tertiary/aromatic N) is 2. The number of nitrogens with one attached hydrogen (secondary N) is 1. The largest absolute Gasteiger partial charge is 0.379 e. The normalized spacial score (nSPS) is 35.2. The van der Waals surface area contributed by atoms with Crippen LogP contribution >= 0.6 is 0 Å². The molecular formula is C16H31N3O. The van der Waals surface area contributed by atoms with E-state index in [1.807, 2.05) is 0 Å². The van der Waals surface area contributed by atoms with E-state index in [1.54, 1.807) is 0 Å². The highest BCUT2D eigenvalue weighted by molar-refractivity contribution is 4.88. The van der Waals surface area contributed by atoms with Crippen LogP contribution in [0.5, 0.6) is 0 Å². The summed E-state index contributed by atoms with van der Waals surface area (Å²) in [5.41, 5.74) is 0. The number of ether oxygens (including phenoxy) is 1. The van der Waals surface area contributed by atoms with Crippen molar-refractivity contribution in [2.24, 2.45) is 0 Å². The minimum Gasteiger partial charge on any atom is -0.379 e. The van der Waals surface area contributed by atoms with Gasteiger partial charge in [-0.3, -0.25) is 9.80 Å². The van der Waals surface area contributed by atoms with Crippen molar-refractivity contribution < 1.29 is 4.74 Å². The van der Waals surface area contributed by atoms with Crippen LogP contribution in [0.1, 0.15) is 39.0 Å². The molecule has 3 heterocycles. The summed E-state index contributed by atoms with van der Waals surface area (Å²) in [7, 11) is 0. The minimum absolute atomic E-state index is 0.733. The number of hydrogen-bond acceptors (Lipinski definition) is 4. The zero-order chi connectivity index (χ0) is 13.8. The lowest BCUT2D eigenvalue weighted by atomic mass is 9.98. The van der Waals surface area contributed by atoms with Crippen molar-refractivity contribution in [3.63, 3.8) is 0 Å². The van der Waals surface area contributed by atoms with E-state index in [0.717, 1.165) is 44.4 Å². The van der Waals surface area contributed by atoms with Crippen LogP contribution < -0.4 is 5.32 Å². The summed E-state index contributed by atoms with van der Waals surface area (Å²) in [4.78, 5) is 5.37. The van der Waals surface area contributed by atoms with Crippen molar-refractivity contribution in [1.29, 1.82) is 0 Å². The van der Waals surface area contributed by atoms with Crippen LogP contribution in [0.2, 0.25) is 0 Å². The van der Waals surface area contributed by atoms with Gasteiger partial charge in [0.15, 0.2) is 0 Å². The van der Waals surface area contributed by atoms with Gasteiger partial charge >= 0.3 is 0 Å². The molecule has 0 saturated carbocycles. The van der Waals surface area contributed by atoms with Crippen LogP contribution in [0.3, 0.4) is 0 Å². The molecule has 3 atom stereocenters. The molecule has 20 heavy (non-hydrogen) atoms. The van der Waals surface area contributed by atoms with Gasteiger partial charge in [-0.15, -0.1) is 0 Å². The molecule has 1 N–H and O–H groups in total. The fraction of sp³-hybridized carbons (Fsp3) is 1.00. The van der Waals surface area contributed by atoms with Crippen LogP contribution in [-0.4, -0.2) is 73.9 Å². The van der Waals surface area contributed by atoms with Crippen LogP contribution in [0.4, 0.5) is 0 Å². The van der Waals surface area contributed by atoms with Crippen molar-refractivity contribution in [3.8, 4) is 0 Å². The number of hydrogen-bond donors (Lipinski definition) is 1. The van der Waals surface area contributed by atoms with Gasteiger partial charge in [-0.25, -0.2) is 0 Å². The number of likely N-dealkylation sites (tertiary alicyclic amines) is 1. The topological polar surface area (TPSA) is 27.7 Å². The van der Waals surface area contributed by atoms with Gasteiger partial charge in [-0.1, -0.05) is 6.42 Å². The van der Waals surface area contributed by atoms with E-state index in [-0.39, 0.29) is 0 Å². The summed E-state index contributed by atoms with van der Waals surface area (Å²) >= 11 is 0. The molecule has 0 amide bonds. The third-order valence-corrected chi connectivity index (χ3v) is 5.42. The third-order valence-electron chi connectivity index (χ3n) is 5.42. The van der Waals surface area contributed by atoms with E-state index < -0.39 is 0 Å². The highest BCUT2D eigenvalue weighted by atomic mass is 16.5. The Hall–Kier alpha value is -0.160. The first-order valence-electron chi connectivity index (χ1n) is 8.62. The van der Waals surface area contributed by atoms with Crippen molar-refractivity contribution in [2.45, 2.75) is 57.2 Å². The molecule has 0 aromatic carbocycles. The Morgan fingerprint density at radius 1 is 1.15 bits per heavy atom. The molecule has 0 bridgehead atoms. The molecular weight excluding hydrogens is 250 g/mol. The Labute approximate surface area is 123 Å². The van der Waals surface area contributed by atoms with Gasteiger partial charge < -0.3 is 10.1 Å². The summed E-state index contributed by atoms with van der Waals surface area (Å²) in [6.45, 7) is 10.3. The van der Waals surface area contributed by atoms with Gasteiger partial charge in [0.2, 0.25) is 0 Å². The molecule has 3 unspecified atom stereocenters. The maximum atomic E-state index is 5.47. The molecule has 116 valence electrons. The molecule has 3 aliphatic rings. The summed E-state index contributed by atoms with van der Waals surface area (Å²) in [6.07, 6.45) is 6.85. The molecule has 0 spiro atoms. The lowest BCUT2D eigenvalue weighted by molar-refractivity contribution is 0.0176. The zero-order valence-corrected chi connectivity index (χ0v) is 13.0. The van der Waals surface area contributed by atoms with Crippen molar-refractivity contribution >= 4 is 0 Å². The maximum absolute atomic E-state index is 5.47. The highest BCUT2D eigenvalue weighted by Crippen LogP contribution is 2.22. The second kappa shape index (κ2) is 7.21. The second-order valence-corrected chi connectivity index (χ2v) is 6.82. The molecule has 3 aliphatic heterocycles. The van der Waals surface area contributed by atoms with Gasteiger partial charge in [0, 0.05) is 44.3 Å². The van der Waals surface area contributed by atoms with E-state index in [1.165, 1.54) is 51.7 Å². The van der Waals surface area contributed by atoms with E-state index in [2.05, 4.69) is 22.0 Å². The third kappa shape index (κ3) is 3.73. The van der Waals surface area contributed by atoms with Gasteiger partial charge in [-0.05, 0) is 39.2 Å². The predicted molar refractivity (Wildman–Crippen MR) is 82.1 cm³/mol. The first kappa shape index (κ1) is 14.8. The van der Waals surface area contributed by atoms with E-state index in [4.69, 9.17) is 4.74 Å². The Balaban J connectivity index is 1.43. The quantitative estimate of drug-likeness (QED) is 0.841. The lowest BCUT2D eigenvalue weighted by Crippen LogP contribution is -2.46. The molecule has 4 nitrogen and oxygen atoms in total. The van der Waals surface area contributed by atoms with Gasteiger partial charge in [0.05, 0.1) is 13.2 Å². The Morgan fingerprint density at radius 3 is 2.75 bits per heavy atom. The van der Waals surface area contributed by atoms with E-state index in [0.29, 0.717) is 0 Å². The molecule has 0 radical (unpaired) electrons. The van der Waals surface area contributed by atoms with Crippen LogP contribution in [0, 0.1) is 0 Å². The second-order valence-electron chi connectivity index (χ2n) is 6.82.